The molecule has 0 spiro atoms. The molecule has 0 saturated heterocycles. The first-order valence-corrected chi connectivity index (χ1v) is 10.9. The van der Waals surface area contributed by atoms with Crippen LogP contribution in [0, 0.1) is 6.92 Å². The fraction of sp³-hybridized carbons (Fsp3) is 0.208. The van der Waals surface area contributed by atoms with Gasteiger partial charge in [0, 0.05) is 12.4 Å². The van der Waals surface area contributed by atoms with Gasteiger partial charge in [0.05, 0.1) is 17.1 Å². The van der Waals surface area contributed by atoms with Crippen molar-refractivity contribution >= 4 is 44.8 Å². The van der Waals surface area contributed by atoms with Crippen molar-refractivity contribution in [2.24, 2.45) is 7.05 Å². The average Bonchev–Trinajstić information content (AvgIpc) is 3.28. The molecule has 4 aromatic rings. The van der Waals surface area contributed by atoms with Gasteiger partial charge in [0.1, 0.15) is 9.71 Å². The Labute approximate surface area is 183 Å². The number of carbonyl (C=O) groups is 2. The van der Waals surface area contributed by atoms with Crippen molar-refractivity contribution in [3.63, 3.8) is 0 Å². The highest BCUT2D eigenvalue weighted by molar-refractivity contribution is 7.20. The van der Waals surface area contributed by atoms with Crippen molar-refractivity contribution < 1.29 is 14.3 Å². The summed E-state index contributed by atoms with van der Waals surface area (Å²) in [7, 11) is 1.85. The van der Waals surface area contributed by atoms with Crippen molar-refractivity contribution in [1.29, 1.82) is 0 Å². The molecular formula is C24H21N3O3S. The highest BCUT2D eigenvalue weighted by Crippen LogP contribution is 2.36. The maximum absolute atomic E-state index is 13.3. The number of carbonyl (C=O) groups excluding carboxylic acids is 2. The molecule has 0 saturated carbocycles. The lowest BCUT2D eigenvalue weighted by Gasteiger charge is -2.24. The first kappa shape index (κ1) is 19.5. The molecule has 1 aliphatic rings. The summed E-state index contributed by atoms with van der Waals surface area (Å²) in [5.74, 6) is -0.764. The molecule has 6 nitrogen and oxygen atoms in total. The van der Waals surface area contributed by atoms with E-state index in [1.807, 2.05) is 62.5 Å². The van der Waals surface area contributed by atoms with Crippen molar-refractivity contribution in [2.75, 3.05) is 11.5 Å². The zero-order chi connectivity index (χ0) is 21.5. The number of amides is 1. The molecule has 3 heterocycles. The molecule has 1 aliphatic heterocycles. The van der Waals surface area contributed by atoms with E-state index in [2.05, 4.69) is 5.10 Å². The summed E-state index contributed by atoms with van der Waals surface area (Å²) in [6.07, 6.45) is 1.71. The largest absolute Gasteiger partial charge is 0.451 e. The molecule has 2 aromatic heterocycles. The lowest BCUT2D eigenvalue weighted by Crippen LogP contribution is -2.31. The molecule has 7 heteroatoms. The maximum Gasteiger partial charge on any atom is 0.348 e. The molecule has 156 valence electrons. The first-order chi connectivity index (χ1) is 15.0. The Balaban J connectivity index is 1.41. The van der Waals surface area contributed by atoms with Gasteiger partial charge < -0.3 is 4.74 Å². The van der Waals surface area contributed by atoms with Crippen LogP contribution < -0.4 is 4.90 Å². The third-order valence-corrected chi connectivity index (χ3v) is 6.78. The number of anilines is 2. The predicted octanol–water partition coefficient (Wildman–Crippen LogP) is 4.56. The van der Waals surface area contributed by atoms with Crippen LogP contribution in [-0.4, -0.2) is 28.3 Å². The fourth-order valence-corrected chi connectivity index (χ4v) is 5.13. The van der Waals surface area contributed by atoms with Gasteiger partial charge in [-0.05, 0) is 49.1 Å². The highest BCUT2D eigenvalue weighted by atomic mass is 32.1. The summed E-state index contributed by atoms with van der Waals surface area (Å²) in [4.78, 5) is 29.0. The standard InChI is InChI=1S/C24H21N3O3S/c1-15-18-13-21(31-23(18)26(2)25-15)24(29)30-14-22(28)27-19-9-5-3-7-16(19)11-12-17-8-4-6-10-20(17)27/h3-10,13H,11-12,14H2,1-2H3. The molecule has 0 N–H and O–H groups in total. The Bertz CT molecular complexity index is 1240. The monoisotopic (exact) mass is 431 g/mol. The van der Waals surface area contributed by atoms with Crippen molar-refractivity contribution in [3.8, 4) is 0 Å². The molecule has 1 amide bonds. The predicted molar refractivity (Wildman–Crippen MR) is 121 cm³/mol. The van der Waals surface area contributed by atoms with Gasteiger partial charge in [0.25, 0.3) is 5.91 Å². The van der Waals surface area contributed by atoms with Crippen molar-refractivity contribution in [2.45, 2.75) is 19.8 Å². The lowest BCUT2D eigenvalue weighted by atomic mass is 10.0. The number of esters is 1. The second kappa shape index (κ2) is 7.67. The summed E-state index contributed by atoms with van der Waals surface area (Å²) in [5, 5.41) is 5.28. The van der Waals surface area contributed by atoms with Crippen LogP contribution in [0.2, 0.25) is 0 Å². The smallest absolute Gasteiger partial charge is 0.348 e. The maximum atomic E-state index is 13.3. The number of hydrogen-bond acceptors (Lipinski definition) is 5. The Morgan fingerprint density at radius 1 is 1.03 bits per heavy atom. The zero-order valence-corrected chi connectivity index (χ0v) is 18.1. The van der Waals surface area contributed by atoms with Crippen molar-refractivity contribution in [3.05, 3.63) is 76.3 Å². The molecular weight excluding hydrogens is 410 g/mol. The lowest BCUT2D eigenvalue weighted by molar-refractivity contribution is -0.120. The number of nitrogens with zero attached hydrogens (tertiary/aromatic N) is 3. The summed E-state index contributed by atoms with van der Waals surface area (Å²) in [6, 6.07) is 17.6. The van der Waals surface area contributed by atoms with Gasteiger partial charge in [-0.25, -0.2) is 4.79 Å². The summed E-state index contributed by atoms with van der Waals surface area (Å²) in [6.45, 7) is 1.58. The Hall–Kier alpha value is -3.45. The van der Waals surface area contributed by atoms with Gasteiger partial charge in [0.15, 0.2) is 6.61 Å². The Morgan fingerprint density at radius 2 is 1.65 bits per heavy atom. The SMILES string of the molecule is Cc1nn(C)c2sc(C(=O)OCC(=O)N3c4ccccc4CCc4ccccc43)cc12. The number of fused-ring (bicyclic) bond motifs is 3. The molecule has 5 rings (SSSR count). The van der Waals surface area contributed by atoms with Gasteiger partial charge >= 0.3 is 5.97 Å². The normalized spacial score (nSPS) is 12.9. The van der Waals surface area contributed by atoms with E-state index in [0.717, 1.165) is 51.3 Å². The molecule has 0 fully saturated rings. The molecule has 0 unspecified atom stereocenters. The highest BCUT2D eigenvalue weighted by Gasteiger charge is 2.27. The van der Waals surface area contributed by atoms with Gasteiger partial charge in [-0.15, -0.1) is 11.3 Å². The summed E-state index contributed by atoms with van der Waals surface area (Å²) in [5.41, 5.74) is 4.76. The van der Waals surface area contributed by atoms with Crippen molar-refractivity contribution in [1.82, 2.24) is 9.78 Å². The number of benzene rings is 2. The minimum atomic E-state index is -0.495. The molecule has 0 bridgehead atoms. The Morgan fingerprint density at radius 3 is 2.26 bits per heavy atom. The van der Waals surface area contributed by atoms with E-state index in [0.29, 0.717) is 4.88 Å². The van der Waals surface area contributed by atoms with Gasteiger partial charge in [-0.1, -0.05) is 36.4 Å². The van der Waals surface area contributed by atoms with Crippen LogP contribution in [0.5, 0.6) is 0 Å². The van der Waals surface area contributed by atoms with Crippen LogP contribution in [0.4, 0.5) is 11.4 Å². The molecule has 0 atom stereocenters. The minimum Gasteiger partial charge on any atom is -0.451 e. The number of aromatic nitrogens is 2. The molecule has 0 aliphatic carbocycles. The van der Waals surface area contributed by atoms with E-state index in [4.69, 9.17) is 4.74 Å². The van der Waals surface area contributed by atoms with Gasteiger partial charge in [-0.2, -0.15) is 5.10 Å². The molecule has 31 heavy (non-hydrogen) atoms. The van der Waals surface area contributed by atoms with Gasteiger partial charge in [-0.3, -0.25) is 14.4 Å². The third-order valence-electron chi connectivity index (χ3n) is 5.60. The summed E-state index contributed by atoms with van der Waals surface area (Å²) >= 11 is 1.32. The zero-order valence-electron chi connectivity index (χ0n) is 17.3. The molecule has 2 aromatic carbocycles. The molecule has 0 radical (unpaired) electrons. The van der Waals surface area contributed by atoms with E-state index in [1.54, 1.807) is 15.6 Å². The topological polar surface area (TPSA) is 64.4 Å². The first-order valence-electron chi connectivity index (χ1n) is 10.1. The Kier molecular flexibility index (Phi) is 4.82. The number of rotatable bonds is 3. The average molecular weight is 432 g/mol. The van der Waals surface area contributed by atoms with E-state index < -0.39 is 5.97 Å². The third kappa shape index (κ3) is 3.41. The second-order valence-corrected chi connectivity index (χ2v) is 8.63. The van der Waals surface area contributed by atoms with E-state index in [9.17, 15) is 9.59 Å². The number of hydrogen-bond donors (Lipinski definition) is 0. The van der Waals surface area contributed by atoms with Crippen LogP contribution in [0.15, 0.2) is 54.6 Å². The van der Waals surface area contributed by atoms with Gasteiger partial charge in [0.2, 0.25) is 0 Å². The fourth-order valence-electron chi connectivity index (χ4n) is 4.12. The van der Waals surface area contributed by atoms with E-state index in [-0.39, 0.29) is 12.5 Å². The van der Waals surface area contributed by atoms with E-state index >= 15 is 0 Å². The van der Waals surface area contributed by atoms with Crippen LogP contribution >= 0.6 is 11.3 Å². The van der Waals surface area contributed by atoms with Crippen LogP contribution in [-0.2, 0) is 29.4 Å². The quantitative estimate of drug-likeness (QED) is 0.446. The number of para-hydroxylation sites is 2. The second-order valence-electron chi connectivity index (χ2n) is 7.60. The van der Waals surface area contributed by atoms with Crippen LogP contribution in [0.3, 0.4) is 0 Å². The summed E-state index contributed by atoms with van der Waals surface area (Å²) < 4.78 is 7.20. The van der Waals surface area contributed by atoms with Crippen LogP contribution in [0.1, 0.15) is 26.5 Å². The minimum absolute atomic E-state index is 0.269. The van der Waals surface area contributed by atoms with Crippen LogP contribution in [0.25, 0.3) is 10.2 Å². The number of thiophene rings is 1. The number of aryl methyl sites for hydroxylation is 4. The number of ether oxygens (including phenoxy) is 1. The van der Waals surface area contributed by atoms with E-state index in [1.165, 1.54) is 11.3 Å².